The smallest absolute Gasteiger partial charge is 0.230 e. The Hall–Kier alpha value is -1.45. The summed E-state index contributed by atoms with van der Waals surface area (Å²) in [6.07, 6.45) is 7.13. The molecule has 1 saturated heterocycles. The van der Waals surface area contributed by atoms with E-state index >= 15 is 0 Å². The van der Waals surface area contributed by atoms with Gasteiger partial charge in [-0.1, -0.05) is 0 Å². The summed E-state index contributed by atoms with van der Waals surface area (Å²) in [5.74, 6) is 0.767. The van der Waals surface area contributed by atoms with Crippen LogP contribution in [0.5, 0.6) is 0 Å². The molecule has 0 N–H and O–H groups in total. The topological polar surface area (TPSA) is 46.1 Å². The van der Waals surface area contributed by atoms with Gasteiger partial charge in [-0.25, -0.2) is 9.97 Å². The lowest BCUT2D eigenvalue weighted by atomic mass is 10.0. The Morgan fingerprint density at radius 1 is 1.44 bits per heavy atom. The van der Waals surface area contributed by atoms with Gasteiger partial charge in [0.05, 0.1) is 6.42 Å². The minimum Gasteiger partial charge on any atom is -0.340 e. The van der Waals surface area contributed by atoms with Crippen LogP contribution in [-0.4, -0.2) is 33.4 Å². The number of carbonyl (C=O) groups excluding carboxylic acids is 1. The fraction of sp³-hybridized carbons (Fsp3) is 0.583. The highest BCUT2D eigenvalue weighted by molar-refractivity contribution is 5.78. The molecule has 16 heavy (non-hydrogen) atoms. The van der Waals surface area contributed by atoms with Crippen molar-refractivity contribution in [2.45, 2.75) is 38.6 Å². The molecule has 1 aromatic rings. The van der Waals surface area contributed by atoms with Gasteiger partial charge in [-0.2, -0.15) is 0 Å². The van der Waals surface area contributed by atoms with Crippen molar-refractivity contribution < 1.29 is 4.79 Å². The van der Waals surface area contributed by atoms with Crippen molar-refractivity contribution in [3.63, 3.8) is 0 Å². The van der Waals surface area contributed by atoms with E-state index < -0.39 is 0 Å². The van der Waals surface area contributed by atoms with Crippen LogP contribution in [0, 0.1) is 0 Å². The van der Waals surface area contributed by atoms with Gasteiger partial charge in [-0.15, -0.1) is 0 Å². The zero-order valence-corrected chi connectivity index (χ0v) is 9.59. The number of likely N-dealkylation sites (tertiary alicyclic amines) is 1. The Bertz CT molecular complexity index is 353. The van der Waals surface area contributed by atoms with Crippen LogP contribution in [-0.2, 0) is 11.2 Å². The van der Waals surface area contributed by atoms with Crippen LogP contribution < -0.4 is 0 Å². The molecule has 0 spiro atoms. The van der Waals surface area contributed by atoms with E-state index in [0.29, 0.717) is 18.3 Å². The monoisotopic (exact) mass is 219 g/mol. The molecule has 0 aromatic carbocycles. The third kappa shape index (κ3) is 2.56. The van der Waals surface area contributed by atoms with Crippen molar-refractivity contribution in [2.75, 3.05) is 6.54 Å². The molecule has 0 aliphatic carbocycles. The number of carbonyl (C=O) groups is 1. The van der Waals surface area contributed by atoms with Crippen molar-refractivity contribution in [1.82, 2.24) is 14.9 Å². The number of aromatic nitrogens is 2. The van der Waals surface area contributed by atoms with E-state index in [1.165, 1.54) is 6.42 Å². The second kappa shape index (κ2) is 5.05. The lowest BCUT2D eigenvalue weighted by molar-refractivity contribution is -0.133. The minimum atomic E-state index is 0.151. The van der Waals surface area contributed by atoms with Gasteiger partial charge >= 0.3 is 0 Å². The van der Waals surface area contributed by atoms with Gasteiger partial charge < -0.3 is 4.90 Å². The zero-order valence-electron chi connectivity index (χ0n) is 9.59. The molecule has 4 heteroatoms. The summed E-state index contributed by atoms with van der Waals surface area (Å²) >= 11 is 0. The maximum absolute atomic E-state index is 12.0. The average molecular weight is 219 g/mol. The standard InChI is InChI=1S/C12H17N3O/c1-10-5-2-3-8-15(10)12(16)9-11-13-6-4-7-14-11/h4,6-7,10H,2-3,5,8-9H2,1H3/t10-/m0/s1. The molecule has 0 radical (unpaired) electrons. The van der Waals surface area contributed by atoms with Crippen LogP contribution in [0.15, 0.2) is 18.5 Å². The normalized spacial score (nSPS) is 20.8. The van der Waals surface area contributed by atoms with Crippen molar-refractivity contribution in [3.8, 4) is 0 Å². The number of nitrogens with zero attached hydrogens (tertiary/aromatic N) is 3. The van der Waals surface area contributed by atoms with Crippen molar-refractivity contribution in [2.24, 2.45) is 0 Å². The lowest BCUT2D eigenvalue weighted by Gasteiger charge is -2.33. The quantitative estimate of drug-likeness (QED) is 0.755. The lowest BCUT2D eigenvalue weighted by Crippen LogP contribution is -2.43. The molecule has 1 aromatic heterocycles. The van der Waals surface area contributed by atoms with Crippen LogP contribution in [0.25, 0.3) is 0 Å². The molecule has 2 rings (SSSR count). The summed E-state index contributed by atoms with van der Waals surface area (Å²) in [5, 5.41) is 0. The van der Waals surface area contributed by atoms with Crippen molar-refractivity contribution in [1.29, 1.82) is 0 Å². The molecule has 4 nitrogen and oxygen atoms in total. The summed E-state index contributed by atoms with van der Waals surface area (Å²) in [7, 11) is 0. The Kier molecular flexibility index (Phi) is 3.49. The van der Waals surface area contributed by atoms with Crippen LogP contribution in [0.1, 0.15) is 32.0 Å². The van der Waals surface area contributed by atoms with Crippen LogP contribution >= 0.6 is 0 Å². The number of hydrogen-bond acceptors (Lipinski definition) is 3. The fourth-order valence-electron chi connectivity index (χ4n) is 2.13. The first-order chi connectivity index (χ1) is 7.77. The first-order valence-electron chi connectivity index (χ1n) is 5.83. The minimum absolute atomic E-state index is 0.151. The first kappa shape index (κ1) is 11.0. The molecule has 2 heterocycles. The molecular weight excluding hydrogens is 202 g/mol. The SMILES string of the molecule is C[C@H]1CCCCN1C(=O)Cc1ncccn1. The van der Waals surface area contributed by atoms with E-state index in [-0.39, 0.29) is 5.91 Å². The Morgan fingerprint density at radius 2 is 2.19 bits per heavy atom. The number of piperidine rings is 1. The molecular formula is C12H17N3O. The summed E-state index contributed by atoms with van der Waals surface area (Å²) in [4.78, 5) is 22.1. The van der Waals surface area contributed by atoms with Gasteiger partial charge in [0.2, 0.25) is 5.91 Å². The van der Waals surface area contributed by atoms with E-state index in [4.69, 9.17) is 0 Å². The molecule has 0 bridgehead atoms. The molecule has 1 aliphatic heterocycles. The van der Waals surface area contributed by atoms with Gasteiger partial charge in [0, 0.05) is 25.0 Å². The molecule has 1 aliphatic rings. The molecule has 86 valence electrons. The van der Waals surface area contributed by atoms with Gasteiger partial charge in [0.1, 0.15) is 5.82 Å². The van der Waals surface area contributed by atoms with Crippen LogP contribution in [0.3, 0.4) is 0 Å². The van der Waals surface area contributed by atoms with Crippen LogP contribution in [0.4, 0.5) is 0 Å². The highest BCUT2D eigenvalue weighted by Gasteiger charge is 2.23. The Balaban J connectivity index is 1.97. The summed E-state index contributed by atoms with van der Waals surface area (Å²) in [5.41, 5.74) is 0. The zero-order chi connectivity index (χ0) is 11.4. The van der Waals surface area contributed by atoms with Gasteiger partial charge in [0.25, 0.3) is 0 Å². The predicted molar refractivity (Wildman–Crippen MR) is 60.8 cm³/mol. The van der Waals surface area contributed by atoms with Crippen LogP contribution in [0.2, 0.25) is 0 Å². The summed E-state index contributed by atoms with van der Waals surface area (Å²) in [6, 6.07) is 2.13. The van der Waals surface area contributed by atoms with Gasteiger partial charge in [-0.05, 0) is 32.3 Å². The van der Waals surface area contributed by atoms with E-state index in [1.54, 1.807) is 18.5 Å². The summed E-state index contributed by atoms with van der Waals surface area (Å²) in [6.45, 7) is 3.00. The Labute approximate surface area is 95.7 Å². The first-order valence-corrected chi connectivity index (χ1v) is 5.83. The number of hydrogen-bond donors (Lipinski definition) is 0. The van der Waals surface area contributed by atoms with Crippen molar-refractivity contribution in [3.05, 3.63) is 24.3 Å². The van der Waals surface area contributed by atoms with E-state index in [9.17, 15) is 4.79 Å². The number of amides is 1. The third-order valence-corrected chi connectivity index (χ3v) is 3.05. The second-order valence-electron chi connectivity index (χ2n) is 4.27. The van der Waals surface area contributed by atoms with E-state index in [0.717, 1.165) is 19.4 Å². The molecule has 1 fully saturated rings. The summed E-state index contributed by atoms with van der Waals surface area (Å²) < 4.78 is 0. The highest BCUT2D eigenvalue weighted by Crippen LogP contribution is 2.17. The molecule has 0 unspecified atom stereocenters. The largest absolute Gasteiger partial charge is 0.340 e. The third-order valence-electron chi connectivity index (χ3n) is 3.05. The molecule has 1 atom stereocenters. The second-order valence-corrected chi connectivity index (χ2v) is 4.27. The fourth-order valence-corrected chi connectivity index (χ4v) is 2.13. The highest BCUT2D eigenvalue weighted by atomic mass is 16.2. The Morgan fingerprint density at radius 3 is 2.88 bits per heavy atom. The van der Waals surface area contributed by atoms with Crippen molar-refractivity contribution >= 4 is 5.91 Å². The van der Waals surface area contributed by atoms with Gasteiger partial charge in [0.15, 0.2) is 0 Å². The maximum atomic E-state index is 12.0. The molecule has 1 amide bonds. The van der Waals surface area contributed by atoms with Gasteiger partial charge in [-0.3, -0.25) is 4.79 Å². The molecule has 0 saturated carbocycles. The average Bonchev–Trinajstić information content (AvgIpc) is 2.31. The van der Waals surface area contributed by atoms with E-state index in [1.807, 2.05) is 4.90 Å². The number of rotatable bonds is 2. The van der Waals surface area contributed by atoms with E-state index in [2.05, 4.69) is 16.9 Å². The maximum Gasteiger partial charge on any atom is 0.230 e. The predicted octanol–water partition coefficient (Wildman–Crippen LogP) is 1.42.